The zero-order valence-corrected chi connectivity index (χ0v) is 20.6. The molecule has 0 aromatic heterocycles. The van der Waals surface area contributed by atoms with E-state index in [-0.39, 0.29) is 32.9 Å². The SMILES string of the molecule is Br.CN(C)S(=O)(=O)c1cc(C2(O)CS/C(=N/c3ccccc3)N2C2CC2)ccc1Cl. The maximum Gasteiger partial charge on any atom is 0.244 e. The number of halogens is 2. The van der Waals surface area contributed by atoms with E-state index in [1.54, 1.807) is 6.07 Å². The normalized spacial score (nSPS) is 23.1. The molecule has 2 aliphatic rings. The lowest BCUT2D eigenvalue weighted by atomic mass is 10.0. The van der Waals surface area contributed by atoms with Gasteiger partial charge in [-0.3, -0.25) is 0 Å². The minimum Gasteiger partial charge on any atom is -0.366 e. The van der Waals surface area contributed by atoms with Crippen LogP contribution in [-0.4, -0.2) is 53.8 Å². The van der Waals surface area contributed by atoms with E-state index >= 15 is 0 Å². The third-order valence-corrected chi connectivity index (χ3v) is 8.44. The fourth-order valence-electron chi connectivity index (χ4n) is 3.32. The van der Waals surface area contributed by atoms with Crippen LogP contribution in [0.5, 0.6) is 0 Å². The molecule has 0 spiro atoms. The summed E-state index contributed by atoms with van der Waals surface area (Å²) in [4.78, 5) is 6.65. The number of sulfonamides is 1. The van der Waals surface area contributed by atoms with Gasteiger partial charge >= 0.3 is 0 Å². The van der Waals surface area contributed by atoms with Crippen LogP contribution in [0.1, 0.15) is 18.4 Å². The first kappa shape index (κ1) is 23.6. The van der Waals surface area contributed by atoms with Gasteiger partial charge in [-0.05, 0) is 37.1 Å². The van der Waals surface area contributed by atoms with Gasteiger partial charge in [0, 0.05) is 25.7 Å². The van der Waals surface area contributed by atoms with Crippen molar-refractivity contribution in [3.05, 3.63) is 59.1 Å². The van der Waals surface area contributed by atoms with E-state index in [2.05, 4.69) is 0 Å². The Labute approximate surface area is 196 Å². The summed E-state index contributed by atoms with van der Waals surface area (Å²) in [6.45, 7) is 0. The average Bonchev–Trinajstić information content (AvgIpc) is 3.46. The van der Waals surface area contributed by atoms with Crippen LogP contribution < -0.4 is 0 Å². The molecular formula is C20H23BrClN3O3S2. The van der Waals surface area contributed by atoms with E-state index in [9.17, 15) is 13.5 Å². The minimum atomic E-state index is -3.74. The van der Waals surface area contributed by atoms with Gasteiger partial charge in [0.05, 0.1) is 16.5 Å². The Hall–Kier alpha value is -1.10. The van der Waals surface area contributed by atoms with Gasteiger partial charge in [-0.1, -0.05) is 47.6 Å². The number of amidine groups is 1. The van der Waals surface area contributed by atoms with Gasteiger partial charge in [-0.15, -0.1) is 17.0 Å². The first-order chi connectivity index (χ1) is 13.7. The van der Waals surface area contributed by atoms with Gasteiger partial charge < -0.3 is 10.0 Å². The predicted molar refractivity (Wildman–Crippen MR) is 127 cm³/mol. The Morgan fingerprint density at radius 1 is 1.20 bits per heavy atom. The van der Waals surface area contributed by atoms with Crippen molar-refractivity contribution >= 4 is 61.2 Å². The van der Waals surface area contributed by atoms with Gasteiger partial charge in [0.15, 0.2) is 10.9 Å². The Bertz CT molecular complexity index is 1060. The van der Waals surface area contributed by atoms with Gasteiger partial charge in [0.2, 0.25) is 10.0 Å². The first-order valence-electron chi connectivity index (χ1n) is 9.24. The second-order valence-electron chi connectivity index (χ2n) is 7.37. The molecule has 0 radical (unpaired) electrons. The van der Waals surface area contributed by atoms with Crippen LogP contribution in [0.25, 0.3) is 0 Å². The number of hydrogen-bond donors (Lipinski definition) is 1. The van der Waals surface area contributed by atoms with Crippen molar-refractivity contribution in [3.8, 4) is 0 Å². The molecule has 1 aliphatic carbocycles. The molecule has 0 amide bonds. The predicted octanol–water partition coefficient (Wildman–Crippen LogP) is 4.21. The highest BCUT2D eigenvalue weighted by Gasteiger charge is 2.51. The smallest absolute Gasteiger partial charge is 0.244 e. The van der Waals surface area contributed by atoms with E-state index in [1.807, 2.05) is 35.2 Å². The van der Waals surface area contributed by atoms with Gasteiger partial charge in [-0.2, -0.15) is 0 Å². The summed E-state index contributed by atoms with van der Waals surface area (Å²) in [6.07, 6.45) is 1.93. The van der Waals surface area contributed by atoms with E-state index in [1.165, 1.54) is 38.0 Å². The summed E-state index contributed by atoms with van der Waals surface area (Å²) in [5, 5.41) is 12.5. The molecule has 30 heavy (non-hydrogen) atoms. The molecule has 2 fully saturated rings. The maximum absolute atomic E-state index is 12.7. The summed E-state index contributed by atoms with van der Waals surface area (Å²) in [5.41, 5.74) is -0.0301. The number of nitrogens with zero attached hydrogens (tertiary/aromatic N) is 3. The Morgan fingerprint density at radius 3 is 2.47 bits per heavy atom. The topological polar surface area (TPSA) is 73.2 Å². The summed E-state index contributed by atoms with van der Waals surface area (Å²) < 4.78 is 26.5. The lowest BCUT2D eigenvalue weighted by Crippen LogP contribution is -2.46. The Kier molecular flexibility index (Phi) is 6.91. The third-order valence-electron chi connectivity index (χ3n) is 5.05. The number of rotatable bonds is 5. The second kappa shape index (κ2) is 8.80. The number of benzene rings is 2. The van der Waals surface area contributed by atoms with E-state index < -0.39 is 15.7 Å². The van der Waals surface area contributed by atoms with Gasteiger partial charge in [0.1, 0.15) is 4.90 Å². The molecular weight excluding hydrogens is 510 g/mol. The molecule has 0 bridgehead atoms. The highest BCUT2D eigenvalue weighted by Crippen LogP contribution is 2.47. The Morgan fingerprint density at radius 2 is 1.87 bits per heavy atom. The molecule has 2 aromatic carbocycles. The molecule has 2 aromatic rings. The molecule has 1 unspecified atom stereocenters. The first-order valence-corrected chi connectivity index (χ1v) is 12.0. The van der Waals surface area contributed by atoms with Gasteiger partial charge in [-0.25, -0.2) is 17.7 Å². The monoisotopic (exact) mass is 531 g/mol. The van der Waals surface area contributed by atoms with Crippen molar-refractivity contribution in [1.82, 2.24) is 9.21 Å². The quantitative estimate of drug-likeness (QED) is 0.624. The van der Waals surface area contributed by atoms with Crippen LogP contribution in [0, 0.1) is 0 Å². The van der Waals surface area contributed by atoms with Crippen LogP contribution in [0.2, 0.25) is 5.02 Å². The summed E-state index contributed by atoms with van der Waals surface area (Å²) in [6, 6.07) is 14.5. The summed E-state index contributed by atoms with van der Waals surface area (Å²) in [5.74, 6) is 0.359. The van der Waals surface area contributed by atoms with Crippen molar-refractivity contribution < 1.29 is 13.5 Å². The molecule has 10 heteroatoms. The molecule has 1 saturated carbocycles. The van der Waals surface area contributed by atoms with Crippen LogP contribution in [-0.2, 0) is 15.7 Å². The largest absolute Gasteiger partial charge is 0.366 e. The number of hydrogen-bond acceptors (Lipinski definition) is 5. The van der Waals surface area contributed by atoms with Crippen LogP contribution in [0.15, 0.2) is 58.4 Å². The van der Waals surface area contributed by atoms with Crippen molar-refractivity contribution in [2.24, 2.45) is 4.99 Å². The lowest BCUT2D eigenvalue weighted by Gasteiger charge is -2.35. The van der Waals surface area contributed by atoms with E-state index in [0.29, 0.717) is 11.3 Å². The maximum atomic E-state index is 12.7. The Balaban J connectivity index is 0.00000256. The third kappa shape index (κ3) is 4.28. The summed E-state index contributed by atoms with van der Waals surface area (Å²) in [7, 11) is -0.820. The molecule has 4 rings (SSSR count). The van der Waals surface area contributed by atoms with Gasteiger partial charge in [0.25, 0.3) is 0 Å². The van der Waals surface area contributed by atoms with Crippen LogP contribution >= 0.6 is 40.3 Å². The van der Waals surface area contributed by atoms with E-state index in [0.717, 1.165) is 28.0 Å². The lowest BCUT2D eigenvalue weighted by molar-refractivity contribution is -0.0521. The van der Waals surface area contributed by atoms with Crippen molar-refractivity contribution in [2.45, 2.75) is 29.5 Å². The molecule has 1 saturated heterocycles. The van der Waals surface area contributed by atoms with E-state index in [4.69, 9.17) is 16.6 Å². The van der Waals surface area contributed by atoms with Crippen molar-refractivity contribution in [2.75, 3.05) is 19.8 Å². The zero-order chi connectivity index (χ0) is 20.8. The molecule has 1 heterocycles. The van der Waals surface area contributed by atoms with Crippen LogP contribution in [0.3, 0.4) is 0 Å². The highest BCUT2D eigenvalue weighted by atomic mass is 79.9. The van der Waals surface area contributed by atoms with Crippen molar-refractivity contribution in [1.29, 1.82) is 0 Å². The van der Waals surface area contributed by atoms with Crippen LogP contribution in [0.4, 0.5) is 5.69 Å². The second-order valence-corrected chi connectivity index (χ2v) is 10.8. The fourth-order valence-corrected chi connectivity index (χ4v) is 5.96. The molecule has 1 N–H and O–H groups in total. The number of aliphatic hydroxyl groups is 1. The number of thioether (sulfide) groups is 1. The molecule has 1 atom stereocenters. The number of para-hydroxylation sites is 1. The average molecular weight is 533 g/mol. The molecule has 6 nitrogen and oxygen atoms in total. The molecule has 1 aliphatic heterocycles. The minimum absolute atomic E-state index is 0. The summed E-state index contributed by atoms with van der Waals surface area (Å²) >= 11 is 7.67. The highest BCUT2D eigenvalue weighted by molar-refractivity contribution is 8.93. The zero-order valence-electron chi connectivity index (χ0n) is 16.5. The fraction of sp³-hybridized carbons (Fsp3) is 0.350. The van der Waals surface area contributed by atoms with Crippen molar-refractivity contribution in [3.63, 3.8) is 0 Å². The molecule has 162 valence electrons. The number of aliphatic imine (C=N–C) groups is 1. The standard InChI is InChI=1S/C20H22ClN3O3S2.BrH/c1-23(2)29(26,27)18-12-14(8-11-17(18)21)20(25)13-28-19(24(20)16-9-10-16)22-15-6-4-3-5-7-15;/h3-8,11-12,16,25H,9-10,13H2,1-2H3;1H/b22-19+;.